The number of hydrogen-bond donors (Lipinski definition) is 2. The van der Waals surface area contributed by atoms with Gasteiger partial charge in [0, 0.05) is 12.1 Å². The number of carbonyl (C=O) groups excluding carboxylic acids is 1. The molecular formula is C20H28ClIN2O3. The molecule has 4 aliphatic carbocycles. The minimum absolute atomic E-state index is 0. The van der Waals surface area contributed by atoms with Crippen LogP contribution in [0.4, 0.5) is 0 Å². The van der Waals surface area contributed by atoms with Crippen molar-refractivity contribution in [3.63, 3.8) is 0 Å². The van der Waals surface area contributed by atoms with Crippen LogP contribution < -0.4 is 20.5 Å². The van der Waals surface area contributed by atoms with E-state index in [-0.39, 0.29) is 19.0 Å². The summed E-state index contributed by atoms with van der Waals surface area (Å²) in [4.78, 5) is 11.0. The third-order valence-electron chi connectivity index (χ3n) is 6.35. The molecule has 0 radical (unpaired) electrons. The quantitative estimate of drug-likeness (QED) is 0.554. The zero-order valence-corrected chi connectivity index (χ0v) is 18.6. The van der Waals surface area contributed by atoms with Gasteiger partial charge in [0.05, 0.1) is 10.7 Å². The lowest BCUT2D eigenvalue weighted by atomic mass is 9.53. The second-order valence-electron chi connectivity index (χ2n) is 8.42. The van der Waals surface area contributed by atoms with Crippen LogP contribution in [0.1, 0.15) is 44.1 Å². The van der Waals surface area contributed by atoms with Crippen molar-refractivity contribution < 1.29 is 14.3 Å². The van der Waals surface area contributed by atoms with Gasteiger partial charge in [-0.15, -0.1) is 12.4 Å². The minimum Gasteiger partial charge on any atom is -0.493 e. The summed E-state index contributed by atoms with van der Waals surface area (Å²) in [5, 5.41) is 3.92. The molecule has 0 unspecified atom stereocenters. The van der Waals surface area contributed by atoms with E-state index >= 15 is 0 Å². The number of amides is 1. The molecule has 5 nitrogen and oxygen atoms in total. The molecule has 7 heteroatoms. The van der Waals surface area contributed by atoms with Gasteiger partial charge in [-0.2, -0.15) is 0 Å². The largest absolute Gasteiger partial charge is 0.493 e. The highest BCUT2D eigenvalue weighted by Crippen LogP contribution is 2.55. The number of nitrogens with one attached hydrogen (secondary N) is 1. The van der Waals surface area contributed by atoms with E-state index < -0.39 is 5.91 Å². The highest BCUT2D eigenvalue weighted by molar-refractivity contribution is 14.1. The van der Waals surface area contributed by atoms with Crippen LogP contribution in [0.3, 0.4) is 0 Å². The maximum Gasteiger partial charge on any atom is 0.255 e. The first-order chi connectivity index (χ1) is 12.5. The van der Waals surface area contributed by atoms with Gasteiger partial charge in [-0.3, -0.25) is 4.79 Å². The first kappa shape index (κ1) is 21.0. The van der Waals surface area contributed by atoms with Crippen molar-refractivity contribution in [3.05, 3.63) is 21.3 Å². The molecular weight excluding hydrogens is 479 g/mol. The molecule has 150 valence electrons. The number of carbonyl (C=O) groups is 1. The number of primary amides is 1. The van der Waals surface area contributed by atoms with Crippen molar-refractivity contribution >= 4 is 40.9 Å². The molecule has 0 saturated heterocycles. The summed E-state index contributed by atoms with van der Waals surface area (Å²) in [6.45, 7) is 0.700. The Kier molecular flexibility index (Phi) is 6.48. The minimum atomic E-state index is -0.490. The fourth-order valence-corrected chi connectivity index (χ4v) is 6.60. The molecule has 4 bridgehead atoms. The van der Waals surface area contributed by atoms with Crippen molar-refractivity contribution in [2.75, 3.05) is 13.7 Å². The Labute approximate surface area is 180 Å². The maximum absolute atomic E-state index is 11.0. The molecule has 1 aromatic rings. The van der Waals surface area contributed by atoms with Crippen LogP contribution in [0, 0.1) is 21.3 Å². The Morgan fingerprint density at radius 3 is 2.33 bits per heavy atom. The van der Waals surface area contributed by atoms with Crippen LogP contribution >= 0.6 is 35.0 Å². The first-order valence-electron chi connectivity index (χ1n) is 9.49. The predicted molar refractivity (Wildman–Crippen MR) is 115 cm³/mol. The molecule has 4 saturated carbocycles. The lowest BCUT2D eigenvalue weighted by molar-refractivity contribution is -0.119. The molecule has 0 heterocycles. The van der Waals surface area contributed by atoms with E-state index in [0.717, 1.165) is 27.9 Å². The van der Waals surface area contributed by atoms with Crippen LogP contribution in [0.15, 0.2) is 12.1 Å². The van der Waals surface area contributed by atoms with Crippen molar-refractivity contribution in [3.8, 4) is 11.5 Å². The smallest absolute Gasteiger partial charge is 0.255 e. The van der Waals surface area contributed by atoms with Crippen molar-refractivity contribution in [2.45, 2.75) is 50.6 Å². The zero-order chi connectivity index (χ0) is 18.3. The summed E-state index contributed by atoms with van der Waals surface area (Å²) in [6, 6.07) is 4.11. The highest BCUT2D eigenvalue weighted by atomic mass is 127. The number of rotatable bonds is 7. The predicted octanol–water partition coefficient (Wildman–Crippen LogP) is 3.64. The fraction of sp³-hybridized carbons (Fsp3) is 0.650. The second-order valence-corrected chi connectivity index (χ2v) is 9.58. The highest BCUT2D eigenvalue weighted by Gasteiger charge is 2.50. The number of hydrogen-bond acceptors (Lipinski definition) is 4. The van der Waals surface area contributed by atoms with E-state index in [2.05, 4.69) is 34.0 Å². The Balaban J connectivity index is 0.00000210. The first-order valence-corrected chi connectivity index (χ1v) is 10.6. The van der Waals surface area contributed by atoms with E-state index in [1.165, 1.54) is 44.1 Å². The standard InChI is InChI=1S/C20H27IN2O3.ClH/c1-25-17-6-15(5-16(21)19(17)26-11-18(22)24)10-23-20-7-12-2-13(8-20)4-14(3-12)9-20;/h5-6,12-14,23H,2-4,7-11H2,1H3,(H2,22,24);1H. The normalized spacial score (nSPS) is 30.7. The van der Waals surface area contributed by atoms with E-state index in [0.29, 0.717) is 17.0 Å². The van der Waals surface area contributed by atoms with Gasteiger partial charge in [0.25, 0.3) is 5.91 Å². The molecule has 1 aromatic carbocycles. The summed E-state index contributed by atoms with van der Waals surface area (Å²) < 4.78 is 11.9. The Morgan fingerprint density at radius 1 is 1.22 bits per heavy atom. The summed E-state index contributed by atoms with van der Waals surface area (Å²) in [5.41, 5.74) is 6.72. The van der Waals surface area contributed by atoms with E-state index in [4.69, 9.17) is 15.2 Å². The number of halogens is 2. The zero-order valence-electron chi connectivity index (χ0n) is 15.6. The van der Waals surface area contributed by atoms with Gasteiger partial charge in [0.1, 0.15) is 0 Å². The van der Waals surface area contributed by atoms with Crippen LogP contribution in [-0.4, -0.2) is 25.2 Å². The Bertz CT molecular complexity index is 677. The van der Waals surface area contributed by atoms with Gasteiger partial charge in [-0.25, -0.2) is 0 Å². The molecule has 4 fully saturated rings. The summed E-state index contributed by atoms with van der Waals surface area (Å²) in [5.74, 6) is 3.57. The maximum atomic E-state index is 11.0. The van der Waals surface area contributed by atoms with Gasteiger partial charge >= 0.3 is 0 Å². The lowest BCUT2D eigenvalue weighted by Crippen LogP contribution is -2.58. The van der Waals surface area contributed by atoms with Crippen LogP contribution in [0.25, 0.3) is 0 Å². The van der Waals surface area contributed by atoms with Gasteiger partial charge in [-0.05, 0) is 96.6 Å². The third-order valence-corrected chi connectivity index (χ3v) is 7.16. The van der Waals surface area contributed by atoms with Crippen molar-refractivity contribution in [1.29, 1.82) is 0 Å². The van der Waals surface area contributed by atoms with Gasteiger partial charge < -0.3 is 20.5 Å². The SMILES string of the molecule is COc1cc(CNC23CC4CC(CC(C4)C2)C3)cc(I)c1OCC(N)=O.Cl. The van der Waals surface area contributed by atoms with Gasteiger partial charge in [0.2, 0.25) is 0 Å². The van der Waals surface area contributed by atoms with Crippen LogP contribution in [-0.2, 0) is 11.3 Å². The summed E-state index contributed by atoms with van der Waals surface area (Å²) >= 11 is 2.23. The van der Waals surface area contributed by atoms with Crippen LogP contribution in [0.2, 0.25) is 0 Å². The van der Waals surface area contributed by atoms with Crippen LogP contribution in [0.5, 0.6) is 11.5 Å². The monoisotopic (exact) mass is 506 g/mol. The average molecular weight is 507 g/mol. The molecule has 1 amide bonds. The molecule has 0 spiro atoms. The second kappa shape index (κ2) is 8.33. The Hall–Kier alpha value is -0.730. The van der Waals surface area contributed by atoms with Gasteiger partial charge in [-0.1, -0.05) is 0 Å². The number of nitrogens with two attached hydrogens (primary N) is 1. The molecule has 0 atom stereocenters. The van der Waals surface area contributed by atoms with E-state index in [9.17, 15) is 4.79 Å². The van der Waals surface area contributed by atoms with Crippen molar-refractivity contribution in [2.24, 2.45) is 23.5 Å². The molecule has 0 aromatic heterocycles. The van der Waals surface area contributed by atoms with E-state index in [1.807, 2.05) is 6.07 Å². The molecule has 27 heavy (non-hydrogen) atoms. The summed E-state index contributed by atoms with van der Waals surface area (Å²) in [7, 11) is 1.62. The van der Waals surface area contributed by atoms with Gasteiger partial charge in [0.15, 0.2) is 18.1 Å². The van der Waals surface area contributed by atoms with E-state index in [1.54, 1.807) is 7.11 Å². The number of methoxy groups -OCH3 is 1. The fourth-order valence-electron chi connectivity index (χ4n) is 5.78. The number of benzene rings is 1. The third kappa shape index (κ3) is 4.48. The molecule has 5 rings (SSSR count). The lowest BCUT2D eigenvalue weighted by Gasteiger charge is -2.57. The Morgan fingerprint density at radius 2 is 1.81 bits per heavy atom. The van der Waals surface area contributed by atoms with Crippen molar-refractivity contribution in [1.82, 2.24) is 5.32 Å². The average Bonchev–Trinajstić information content (AvgIpc) is 2.57. The molecule has 3 N–H and O–H groups in total. The molecule has 0 aliphatic heterocycles. The topological polar surface area (TPSA) is 73.6 Å². The summed E-state index contributed by atoms with van der Waals surface area (Å²) in [6.07, 6.45) is 8.39. The number of ether oxygens (including phenoxy) is 2. The molecule has 4 aliphatic rings.